The summed E-state index contributed by atoms with van der Waals surface area (Å²) in [6.07, 6.45) is 1.34. The van der Waals surface area contributed by atoms with Gasteiger partial charge in [0.05, 0.1) is 12.2 Å². The van der Waals surface area contributed by atoms with Crippen molar-refractivity contribution in [2.24, 2.45) is 0 Å². The number of nitrogens with one attached hydrogen (secondary N) is 1. The monoisotopic (exact) mass is 274 g/mol. The van der Waals surface area contributed by atoms with Crippen molar-refractivity contribution in [1.29, 1.82) is 0 Å². The van der Waals surface area contributed by atoms with Crippen LogP contribution in [0.15, 0.2) is 30.6 Å². The number of nitrogens with zero attached hydrogens (tertiary/aromatic N) is 2. The van der Waals surface area contributed by atoms with Crippen LogP contribution >= 0.6 is 0 Å². The zero-order valence-electron chi connectivity index (χ0n) is 10.8. The van der Waals surface area contributed by atoms with Gasteiger partial charge in [-0.1, -0.05) is 0 Å². The van der Waals surface area contributed by atoms with Crippen LogP contribution in [0.3, 0.4) is 0 Å². The molecule has 2 aromatic rings. The number of nitrogen functional groups attached to an aromatic ring is 1. The number of aromatic nitrogens is 2. The highest BCUT2D eigenvalue weighted by Crippen LogP contribution is 2.27. The first-order chi connectivity index (χ1) is 9.61. The lowest BCUT2D eigenvalue weighted by molar-refractivity contribution is 0.0697. The van der Waals surface area contributed by atoms with E-state index in [1.54, 1.807) is 12.1 Å². The lowest BCUT2D eigenvalue weighted by Gasteiger charge is -2.11. The van der Waals surface area contributed by atoms with E-state index in [2.05, 4.69) is 15.3 Å². The van der Waals surface area contributed by atoms with Crippen molar-refractivity contribution >= 4 is 23.2 Å². The maximum absolute atomic E-state index is 10.8. The predicted octanol–water partition coefficient (Wildman–Crippen LogP) is 1.90. The largest absolute Gasteiger partial charge is 0.478 e. The van der Waals surface area contributed by atoms with Crippen LogP contribution in [0.2, 0.25) is 0 Å². The van der Waals surface area contributed by atoms with Crippen LogP contribution < -0.4 is 15.8 Å². The molecule has 7 nitrogen and oxygen atoms in total. The number of benzene rings is 1. The van der Waals surface area contributed by atoms with Gasteiger partial charge in [0.2, 0.25) is 5.88 Å². The summed E-state index contributed by atoms with van der Waals surface area (Å²) in [5, 5.41) is 11.8. The molecule has 1 aromatic heterocycles. The number of ether oxygens (including phenoxy) is 1. The van der Waals surface area contributed by atoms with E-state index in [-0.39, 0.29) is 5.56 Å². The second-order valence-corrected chi connectivity index (χ2v) is 3.88. The molecule has 0 radical (unpaired) electrons. The van der Waals surface area contributed by atoms with Gasteiger partial charge in [-0.3, -0.25) is 0 Å². The summed E-state index contributed by atoms with van der Waals surface area (Å²) in [4.78, 5) is 18.7. The summed E-state index contributed by atoms with van der Waals surface area (Å²) in [5.41, 5.74) is 7.07. The van der Waals surface area contributed by atoms with Gasteiger partial charge in [-0.25, -0.2) is 9.78 Å². The molecule has 0 fully saturated rings. The second kappa shape index (κ2) is 5.87. The van der Waals surface area contributed by atoms with E-state index < -0.39 is 5.97 Å². The van der Waals surface area contributed by atoms with Crippen molar-refractivity contribution in [2.45, 2.75) is 6.92 Å². The Hall–Kier alpha value is -2.83. The molecule has 0 aliphatic carbocycles. The van der Waals surface area contributed by atoms with E-state index in [0.717, 1.165) is 0 Å². The Bertz CT molecular complexity index is 614. The van der Waals surface area contributed by atoms with Crippen LogP contribution in [0.5, 0.6) is 5.88 Å². The highest BCUT2D eigenvalue weighted by molar-refractivity contribution is 5.88. The fraction of sp³-hybridized carbons (Fsp3) is 0.154. The van der Waals surface area contributed by atoms with Crippen LogP contribution in [-0.2, 0) is 0 Å². The third-order valence-corrected chi connectivity index (χ3v) is 2.52. The van der Waals surface area contributed by atoms with Crippen LogP contribution in [0.4, 0.5) is 17.2 Å². The van der Waals surface area contributed by atoms with Gasteiger partial charge >= 0.3 is 5.97 Å². The first-order valence-electron chi connectivity index (χ1n) is 5.95. The highest BCUT2D eigenvalue weighted by Gasteiger charge is 2.09. The van der Waals surface area contributed by atoms with Crippen LogP contribution in [0.1, 0.15) is 17.3 Å². The summed E-state index contributed by atoms with van der Waals surface area (Å²) in [6, 6.07) is 6.24. The molecule has 1 heterocycles. The van der Waals surface area contributed by atoms with Gasteiger partial charge in [0.15, 0.2) is 5.82 Å². The Morgan fingerprint density at radius 1 is 1.35 bits per heavy atom. The molecule has 4 N–H and O–H groups in total. The summed E-state index contributed by atoms with van der Waals surface area (Å²) in [5.74, 6) is -0.254. The average molecular weight is 274 g/mol. The van der Waals surface area contributed by atoms with E-state index in [4.69, 9.17) is 15.6 Å². The van der Waals surface area contributed by atoms with Crippen molar-refractivity contribution < 1.29 is 14.6 Å². The number of nitrogens with two attached hydrogens (primary N) is 1. The van der Waals surface area contributed by atoms with E-state index in [1.165, 1.54) is 18.5 Å². The molecule has 0 aliphatic rings. The first-order valence-corrected chi connectivity index (χ1v) is 5.95. The standard InChI is InChI=1S/C13H14N4O3/c1-2-20-12-10(14)11(15-7-16-12)17-9-5-3-8(4-6-9)13(18)19/h3-7H,2,14H2,1H3,(H,18,19)(H,15,16,17). The molecule has 104 valence electrons. The SMILES string of the molecule is CCOc1ncnc(Nc2ccc(C(=O)O)cc2)c1N. The summed E-state index contributed by atoms with van der Waals surface area (Å²) < 4.78 is 5.27. The molecule has 0 aliphatic heterocycles. The maximum Gasteiger partial charge on any atom is 0.335 e. The minimum Gasteiger partial charge on any atom is -0.478 e. The molecule has 7 heteroatoms. The van der Waals surface area contributed by atoms with Gasteiger partial charge in [-0.2, -0.15) is 4.98 Å². The molecular formula is C13H14N4O3. The quantitative estimate of drug-likeness (QED) is 0.763. The Labute approximate surface area is 115 Å². The van der Waals surface area contributed by atoms with Gasteiger partial charge in [-0.05, 0) is 31.2 Å². The Morgan fingerprint density at radius 3 is 2.65 bits per heavy atom. The predicted molar refractivity (Wildman–Crippen MR) is 74.3 cm³/mol. The summed E-state index contributed by atoms with van der Waals surface area (Å²) in [6.45, 7) is 2.28. The van der Waals surface area contributed by atoms with E-state index >= 15 is 0 Å². The number of aromatic carboxylic acids is 1. The van der Waals surface area contributed by atoms with Gasteiger partial charge in [0.25, 0.3) is 0 Å². The van der Waals surface area contributed by atoms with Crippen molar-refractivity contribution in [3.05, 3.63) is 36.2 Å². The van der Waals surface area contributed by atoms with E-state index in [9.17, 15) is 4.79 Å². The molecule has 20 heavy (non-hydrogen) atoms. The first kappa shape index (κ1) is 13.6. The van der Waals surface area contributed by atoms with E-state index in [1.807, 2.05) is 6.92 Å². The summed E-state index contributed by atoms with van der Waals surface area (Å²) >= 11 is 0. The number of carbonyl (C=O) groups is 1. The molecule has 2 rings (SSSR count). The molecular weight excluding hydrogens is 260 g/mol. The highest BCUT2D eigenvalue weighted by atomic mass is 16.5. The number of carboxylic acids is 1. The van der Waals surface area contributed by atoms with Gasteiger partial charge in [-0.15, -0.1) is 0 Å². The smallest absolute Gasteiger partial charge is 0.335 e. The number of rotatable bonds is 5. The summed E-state index contributed by atoms with van der Waals surface area (Å²) in [7, 11) is 0. The third kappa shape index (κ3) is 2.94. The zero-order valence-corrected chi connectivity index (χ0v) is 10.8. The number of anilines is 3. The third-order valence-electron chi connectivity index (χ3n) is 2.52. The van der Waals surface area contributed by atoms with E-state index in [0.29, 0.717) is 29.7 Å². The maximum atomic E-state index is 10.8. The molecule has 0 atom stereocenters. The minimum absolute atomic E-state index is 0.209. The topological polar surface area (TPSA) is 110 Å². The molecule has 0 spiro atoms. The van der Waals surface area contributed by atoms with Gasteiger partial charge < -0.3 is 20.9 Å². The van der Waals surface area contributed by atoms with Gasteiger partial charge in [0, 0.05) is 5.69 Å². The fourth-order valence-corrected chi connectivity index (χ4v) is 1.56. The van der Waals surface area contributed by atoms with Crippen molar-refractivity contribution in [3.8, 4) is 5.88 Å². The van der Waals surface area contributed by atoms with Crippen molar-refractivity contribution in [3.63, 3.8) is 0 Å². The Morgan fingerprint density at radius 2 is 2.05 bits per heavy atom. The fourth-order valence-electron chi connectivity index (χ4n) is 1.56. The molecule has 0 amide bonds. The molecule has 1 aromatic carbocycles. The lowest BCUT2D eigenvalue weighted by atomic mass is 10.2. The van der Waals surface area contributed by atoms with Crippen molar-refractivity contribution in [1.82, 2.24) is 9.97 Å². The Balaban J connectivity index is 2.21. The van der Waals surface area contributed by atoms with Crippen LogP contribution in [0.25, 0.3) is 0 Å². The molecule has 0 saturated carbocycles. The van der Waals surface area contributed by atoms with Crippen LogP contribution in [0, 0.1) is 0 Å². The molecule has 0 saturated heterocycles. The number of hydrogen-bond acceptors (Lipinski definition) is 6. The minimum atomic E-state index is -0.975. The van der Waals surface area contributed by atoms with Crippen molar-refractivity contribution in [2.75, 3.05) is 17.7 Å². The van der Waals surface area contributed by atoms with Gasteiger partial charge in [0.1, 0.15) is 12.0 Å². The molecule has 0 bridgehead atoms. The molecule has 0 unspecified atom stereocenters. The lowest BCUT2D eigenvalue weighted by Crippen LogP contribution is -2.05. The normalized spacial score (nSPS) is 10.1. The zero-order chi connectivity index (χ0) is 14.5. The number of carboxylic acid groups (broad SMARTS) is 1. The Kier molecular flexibility index (Phi) is 3.99. The average Bonchev–Trinajstić information content (AvgIpc) is 2.44. The van der Waals surface area contributed by atoms with Crippen LogP contribution in [-0.4, -0.2) is 27.7 Å². The number of hydrogen-bond donors (Lipinski definition) is 3. The second-order valence-electron chi connectivity index (χ2n) is 3.88.